The Kier molecular flexibility index (Phi) is 5.99. The number of para-hydroxylation sites is 1. The molecule has 2 N–H and O–H groups in total. The van der Waals surface area contributed by atoms with Gasteiger partial charge in [-0.3, -0.25) is 0 Å². The van der Waals surface area contributed by atoms with Crippen LogP contribution in [-0.2, 0) is 0 Å². The lowest BCUT2D eigenvalue weighted by molar-refractivity contribution is 0.255. The van der Waals surface area contributed by atoms with Gasteiger partial charge >= 0.3 is 6.03 Å². The number of nitrogens with one attached hydrogen (secondary N) is 2. The minimum Gasteiger partial charge on any atom is -0.314 e. The van der Waals surface area contributed by atoms with Crippen molar-refractivity contribution >= 4 is 33.7 Å². The molecule has 2 amide bonds. The van der Waals surface area contributed by atoms with Crippen molar-refractivity contribution in [2.24, 2.45) is 0 Å². The Morgan fingerprint density at radius 2 is 1.87 bits per heavy atom. The highest BCUT2D eigenvalue weighted by Crippen LogP contribution is 2.27. The summed E-state index contributed by atoms with van der Waals surface area (Å²) in [6, 6.07) is 13.6. The second kappa shape index (κ2) is 7.97. The van der Waals surface area contributed by atoms with Crippen LogP contribution in [0.2, 0.25) is 0 Å². The van der Waals surface area contributed by atoms with Crippen LogP contribution in [0.1, 0.15) is 36.5 Å². The van der Waals surface area contributed by atoms with E-state index in [0.717, 1.165) is 26.9 Å². The first-order valence-corrected chi connectivity index (χ1v) is 8.36. The minimum absolute atomic E-state index is 0.246. The van der Waals surface area contributed by atoms with Crippen molar-refractivity contribution in [3.8, 4) is 0 Å². The Balaban J connectivity index is 2.05. The maximum atomic E-state index is 12.1. The van der Waals surface area contributed by atoms with E-state index in [4.69, 9.17) is 0 Å². The average Bonchev–Trinajstić information content (AvgIpc) is 2.51. The molecule has 23 heavy (non-hydrogen) atoms. The van der Waals surface area contributed by atoms with Gasteiger partial charge in [-0.25, -0.2) is 4.79 Å². The van der Waals surface area contributed by atoms with Crippen molar-refractivity contribution in [1.82, 2.24) is 5.32 Å². The summed E-state index contributed by atoms with van der Waals surface area (Å²) in [7, 11) is 0. The summed E-state index contributed by atoms with van der Waals surface area (Å²) in [5.74, 6) is 0.348. The third kappa shape index (κ3) is 4.70. The largest absolute Gasteiger partial charge is 0.323 e. The van der Waals surface area contributed by atoms with Gasteiger partial charge in [0.05, 0.1) is 0 Å². The van der Waals surface area contributed by atoms with Gasteiger partial charge in [0.1, 0.15) is 0 Å². The van der Waals surface area contributed by atoms with Crippen LogP contribution < -0.4 is 10.6 Å². The van der Waals surface area contributed by atoms with Gasteiger partial charge in [0.25, 0.3) is 0 Å². The van der Waals surface area contributed by atoms with E-state index in [9.17, 15) is 4.79 Å². The Morgan fingerprint density at radius 1 is 1.13 bits per heavy atom. The summed E-state index contributed by atoms with van der Waals surface area (Å²) in [5, 5.41) is 5.70. The maximum absolute atomic E-state index is 12.1. The topological polar surface area (TPSA) is 41.1 Å². The molecule has 0 aliphatic heterocycles. The lowest BCUT2D eigenvalue weighted by Crippen LogP contribution is -2.25. The molecule has 0 aliphatic rings. The van der Waals surface area contributed by atoms with Crippen LogP contribution in [0.15, 0.2) is 53.1 Å². The monoisotopic (exact) mass is 372 g/mol. The fourth-order valence-electron chi connectivity index (χ4n) is 2.31. The van der Waals surface area contributed by atoms with Crippen molar-refractivity contribution in [3.63, 3.8) is 0 Å². The van der Waals surface area contributed by atoms with Gasteiger partial charge in [0.15, 0.2) is 0 Å². The summed E-state index contributed by atoms with van der Waals surface area (Å²) in [4.78, 5) is 12.1. The van der Waals surface area contributed by atoms with E-state index in [-0.39, 0.29) is 6.03 Å². The number of halogens is 1. The fraction of sp³-hybridized carbons (Fsp3) is 0.211. The quantitative estimate of drug-likeness (QED) is 0.712. The van der Waals surface area contributed by atoms with Crippen molar-refractivity contribution in [3.05, 3.63) is 69.8 Å². The molecule has 0 aliphatic carbocycles. The normalized spacial score (nSPS) is 11.0. The Hall–Kier alpha value is -2.07. The zero-order valence-electron chi connectivity index (χ0n) is 13.6. The van der Waals surface area contributed by atoms with E-state index in [1.54, 1.807) is 6.20 Å². The predicted octanol–water partition coefficient (Wildman–Crippen LogP) is 5.67. The predicted molar refractivity (Wildman–Crippen MR) is 101 cm³/mol. The number of hydrogen-bond donors (Lipinski definition) is 2. The van der Waals surface area contributed by atoms with Gasteiger partial charge in [-0.15, -0.1) is 0 Å². The first-order valence-electron chi connectivity index (χ1n) is 7.57. The van der Waals surface area contributed by atoms with Gasteiger partial charge < -0.3 is 10.6 Å². The number of amides is 2. The van der Waals surface area contributed by atoms with Crippen LogP contribution in [0, 0.1) is 6.92 Å². The van der Waals surface area contributed by atoms with Crippen LogP contribution >= 0.6 is 15.9 Å². The van der Waals surface area contributed by atoms with Gasteiger partial charge in [-0.1, -0.05) is 66.2 Å². The second-order valence-corrected chi connectivity index (χ2v) is 6.50. The summed E-state index contributed by atoms with van der Waals surface area (Å²) in [6.45, 7) is 6.23. The van der Waals surface area contributed by atoms with Crippen LogP contribution in [0.5, 0.6) is 0 Å². The molecule has 0 radical (unpaired) electrons. The smallest absolute Gasteiger partial charge is 0.314 e. The Morgan fingerprint density at radius 3 is 2.57 bits per heavy atom. The number of urea groups is 1. The summed E-state index contributed by atoms with van der Waals surface area (Å²) < 4.78 is 0.986. The number of carbonyl (C=O) groups is 1. The van der Waals surface area contributed by atoms with Gasteiger partial charge in [-0.05, 0) is 41.7 Å². The molecule has 2 aromatic carbocycles. The molecular formula is C19H21BrN2O. The number of carbonyl (C=O) groups excluding carboxylic acids is 1. The molecule has 0 spiro atoms. The minimum atomic E-state index is -0.246. The third-order valence-electron chi connectivity index (χ3n) is 3.55. The number of rotatable bonds is 4. The van der Waals surface area contributed by atoms with E-state index < -0.39 is 0 Å². The van der Waals surface area contributed by atoms with Gasteiger partial charge in [0, 0.05) is 16.4 Å². The zero-order chi connectivity index (χ0) is 16.8. The van der Waals surface area contributed by atoms with Crippen molar-refractivity contribution < 1.29 is 4.79 Å². The van der Waals surface area contributed by atoms with Crippen LogP contribution in [0.4, 0.5) is 10.5 Å². The van der Waals surface area contributed by atoms with E-state index in [1.807, 2.05) is 55.5 Å². The molecule has 0 aromatic heterocycles. The Labute approximate surface area is 145 Å². The highest BCUT2D eigenvalue weighted by atomic mass is 79.9. The average molecular weight is 373 g/mol. The Bertz CT molecular complexity index is 723. The van der Waals surface area contributed by atoms with Crippen molar-refractivity contribution in [1.29, 1.82) is 0 Å². The SMILES string of the molecule is Cc1cccc(C(C)C)c1NC(=O)N/C=C/c1ccccc1Br. The molecule has 0 atom stereocenters. The molecular weight excluding hydrogens is 352 g/mol. The molecule has 0 unspecified atom stereocenters. The fourth-order valence-corrected chi connectivity index (χ4v) is 2.73. The molecule has 0 fully saturated rings. The highest BCUT2D eigenvalue weighted by Gasteiger charge is 2.11. The highest BCUT2D eigenvalue weighted by molar-refractivity contribution is 9.10. The third-order valence-corrected chi connectivity index (χ3v) is 4.27. The number of hydrogen-bond acceptors (Lipinski definition) is 1. The summed E-state index contributed by atoms with van der Waals surface area (Å²) in [5.41, 5.74) is 4.08. The number of aryl methyl sites for hydroxylation is 1. The van der Waals surface area contributed by atoms with E-state index in [1.165, 1.54) is 0 Å². The lowest BCUT2D eigenvalue weighted by atomic mass is 9.98. The van der Waals surface area contributed by atoms with Crippen LogP contribution in [0.25, 0.3) is 6.08 Å². The molecule has 4 heteroatoms. The molecule has 0 saturated carbocycles. The molecule has 0 bridgehead atoms. The van der Waals surface area contributed by atoms with Crippen LogP contribution in [-0.4, -0.2) is 6.03 Å². The first-order chi connectivity index (χ1) is 11.0. The standard InChI is InChI=1S/C19H21BrN2O/c1-13(2)16-9-6-7-14(3)18(16)22-19(23)21-12-11-15-8-4-5-10-17(15)20/h4-13H,1-3H3,(H2,21,22,23)/b12-11+. The van der Waals surface area contributed by atoms with E-state index in [0.29, 0.717) is 5.92 Å². The van der Waals surface area contributed by atoms with Crippen molar-refractivity contribution in [2.45, 2.75) is 26.7 Å². The maximum Gasteiger partial charge on any atom is 0.323 e. The number of benzene rings is 2. The molecule has 120 valence electrons. The molecule has 2 aromatic rings. The van der Waals surface area contributed by atoms with Gasteiger partial charge in [-0.2, -0.15) is 0 Å². The molecule has 2 rings (SSSR count). The summed E-state index contributed by atoms with van der Waals surface area (Å²) >= 11 is 3.47. The summed E-state index contributed by atoms with van der Waals surface area (Å²) in [6.07, 6.45) is 3.49. The lowest BCUT2D eigenvalue weighted by Gasteiger charge is -2.16. The van der Waals surface area contributed by atoms with E-state index >= 15 is 0 Å². The second-order valence-electron chi connectivity index (χ2n) is 5.65. The molecule has 0 heterocycles. The molecule has 0 saturated heterocycles. The number of anilines is 1. The first kappa shape index (κ1) is 17.3. The van der Waals surface area contributed by atoms with E-state index in [2.05, 4.69) is 40.4 Å². The zero-order valence-corrected chi connectivity index (χ0v) is 15.1. The molecule has 3 nitrogen and oxygen atoms in total. The van der Waals surface area contributed by atoms with Crippen molar-refractivity contribution in [2.75, 3.05) is 5.32 Å². The van der Waals surface area contributed by atoms with Gasteiger partial charge in [0.2, 0.25) is 0 Å². The van der Waals surface area contributed by atoms with Crippen LogP contribution in [0.3, 0.4) is 0 Å².